The van der Waals surface area contributed by atoms with Crippen LogP contribution in [0.5, 0.6) is 5.75 Å². The maximum Gasteiger partial charge on any atom is 0.573 e. The summed E-state index contributed by atoms with van der Waals surface area (Å²) in [6, 6.07) is 16.6. The predicted molar refractivity (Wildman–Crippen MR) is 154 cm³/mol. The lowest BCUT2D eigenvalue weighted by molar-refractivity contribution is -0.274. The van der Waals surface area contributed by atoms with E-state index in [0.29, 0.717) is 32.6 Å². The quantitative estimate of drug-likeness (QED) is 0.191. The van der Waals surface area contributed by atoms with Gasteiger partial charge in [-0.1, -0.05) is 35.3 Å². The van der Waals surface area contributed by atoms with Crippen LogP contribution in [0.25, 0.3) is 22.5 Å². The van der Waals surface area contributed by atoms with Crippen molar-refractivity contribution in [3.8, 4) is 28.3 Å². The van der Waals surface area contributed by atoms with Gasteiger partial charge in [0.25, 0.3) is 16.0 Å². The van der Waals surface area contributed by atoms with Gasteiger partial charge in [-0.3, -0.25) is 14.0 Å². The Morgan fingerprint density at radius 2 is 1.62 bits per heavy atom. The van der Waals surface area contributed by atoms with E-state index < -0.39 is 34.2 Å². The molecule has 4 rings (SSSR count). The van der Waals surface area contributed by atoms with Gasteiger partial charge >= 0.3 is 6.36 Å². The van der Waals surface area contributed by atoms with E-state index in [2.05, 4.69) is 10.1 Å². The Bertz CT molecular complexity index is 1690. The van der Waals surface area contributed by atoms with Crippen LogP contribution >= 0.6 is 23.2 Å². The van der Waals surface area contributed by atoms with Gasteiger partial charge in [0, 0.05) is 38.8 Å². The molecule has 3 aromatic carbocycles. The SMILES string of the molecule is Cc1c(-c2cc(Cl)cc(Cl)c2)nn(C(C)c2ccc(C(=O)NCCS(=O)(=O)O)cc2)c1-c1ccc(OC(F)(F)F)cc1. The van der Waals surface area contributed by atoms with Gasteiger partial charge in [0.2, 0.25) is 0 Å². The zero-order valence-corrected chi connectivity index (χ0v) is 24.4. The fourth-order valence-corrected chi connectivity index (χ4v) is 5.26. The lowest BCUT2D eigenvalue weighted by Crippen LogP contribution is -2.28. The Morgan fingerprint density at radius 3 is 2.17 bits per heavy atom. The van der Waals surface area contributed by atoms with Crippen molar-refractivity contribution in [3.05, 3.63) is 93.5 Å². The van der Waals surface area contributed by atoms with Gasteiger partial charge in [-0.15, -0.1) is 13.2 Å². The third kappa shape index (κ3) is 7.82. The van der Waals surface area contributed by atoms with Gasteiger partial charge in [0.05, 0.1) is 23.2 Å². The minimum absolute atomic E-state index is 0.255. The highest BCUT2D eigenvalue weighted by atomic mass is 35.5. The van der Waals surface area contributed by atoms with E-state index in [1.165, 1.54) is 24.3 Å². The first-order chi connectivity index (χ1) is 19.6. The molecule has 0 saturated heterocycles. The molecule has 1 amide bonds. The fourth-order valence-electron chi connectivity index (χ4n) is 4.37. The summed E-state index contributed by atoms with van der Waals surface area (Å²) in [6.45, 7) is 3.44. The van der Waals surface area contributed by atoms with E-state index in [9.17, 15) is 26.4 Å². The second kappa shape index (κ2) is 12.3. The normalized spacial score (nSPS) is 12.7. The first-order valence-corrected chi connectivity index (χ1v) is 14.7. The number of carbonyl (C=O) groups is 1. The van der Waals surface area contributed by atoms with E-state index in [4.69, 9.17) is 32.9 Å². The molecule has 0 aliphatic heterocycles. The highest BCUT2D eigenvalue weighted by molar-refractivity contribution is 7.85. The number of carbonyl (C=O) groups excluding carboxylic acids is 1. The van der Waals surface area contributed by atoms with Crippen molar-refractivity contribution in [2.24, 2.45) is 0 Å². The van der Waals surface area contributed by atoms with E-state index in [1.54, 1.807) is 47.1 Å². The molecule has 1 heterocycles. The molecular weight excluding hydrogens is 618 g/mol. The summed E-state index contributed by atoms with van der Waals surface area (Å²) in [4.78, 5) is 12.4. The van der Waals surface area contributed by atoms with Crippen LogP contribution in [-0.4, -0.2) is 47.3 Å². The third-order valence-corrected chi connectivity index (χ3v) is 7.47. The molecule has 42 heavy (non-hydrogen) atoms. The highest BCUT2D eigenvalue weighted by Gasteiger charge is 2.31. The molecular formula is C28H24Cl2F3N3O5S. The summed E-state index contributed by atoms with van der Waals surface area (Å²) >= 11 is 12.5. The highest BCUT2D eigenvalue weighted by Crippen LogP contribution is 2.37. The average Bonchev–Trinajstić information content (AvgIpc) is 3.23. The van der Waals surface area contributed by atoms with E-state index in [0.717, 1.165) is 11.1 Å². The van der Waals surface area contributed by atoms with Crippen LogP contribution < -0.4 is 10.1 Å². The number of aromatic nitrogens is 2. The number of amides is 1. The number of nitrogens with zero attached hydrogens (tertiary/aromatic N) is 2. The number of benzene rings is 3. The lowest BCUT2D eigenvalue weighted by Gasteiger charge is -2.18. The Labute approximate surface area is 249 Å². The number of rotatable bonds is 9. The first kappa shape index (κ1) is 31.4. The Balaban J connectivity index is 1.71. The van der Waals surface area contributed by atoms with Crippen LogP contribution in [0.1, 0.15) is 34.5 Å². The molecule has 0 bridgehead atoms. The summed E-state index contributed by atoms with van der Waals surface area (Å²) < 4.78 is 74.5. The molecule has 0 aliphatic carbocycles. The Morgan fingerprint density at radius 1 is 1.02 bits per heavy atom. The second-order valence-corrected chi connectivity index (χ2v) is 11.8. The molecule has 8 nitrogen and oxygen atoms in total. The van der Waals surface area contributed by atoms with Crippen molar-refractivity contribution in [1.82, 2.24) is 15.1 Å². The van der Waals surface area contributed by atoms with Crippen molar-refractivity contribution in [2.45, 2.75) is 26.3 Å². The van der Waals surface area contributed by atoms with Gasteiger partial charge in [-0.2, -0.15) is 13.5 Å². The topological polar surface area (TPSA) is 111 Å². The van der Waals surface area contributed by atoms with Gasteiger partial charge in [-0.25, -0.2) is 0 Å². The van der Waals surface area contributed by atoms with Gasteiger partial charge < -0.3 is 10.1 Å². The number of alkyl halides is 3. The number of hydrogen-bond donors (Lipinski definition) is 2. The summed E-state index contributed by atoms with van der Waals surface area (Å²) in [5, 5.41) is 8.08. The monoisotopic (exact) mass is 641 g/mol. The van der Waals surface area contributed by atoms with E-state index in [1.807, 2.05) is 13.8 Å². The molecule has 4 aromatic rings. The van der Waals surface area contributed by atoms with Crippen molar-refractivity contribution < 1.29 is 35.7 Å². The molecule has 1 unspecified atom stereocenters. The van der Waals surface area contributed by atoms with Crippen LogP contribution in [0.3, 0.4) is 0 Å². The average molecular weight is 642 g/mol. The third-order valence-electron chi connectivity index (χ3n) is 6.31. The summed E-state index contributed by atoms with van der Waals surface area (Å²) in [7, 11) is -4.21. The van der Waals surface area contributed by atoms with Crippen molar-refractivity contribution in [1.29, 1.82) is 0 Å². The molecule has 0 spiro atoms. The van der Waals surface area contributed by atoms with Gasteiger partial charge in [-0.05, 0) is 74.0 Å². The van der Waals surface area contributed by atoms with Crippen LogP contribution in [0.15, 0.2) is 66.7 Å². The summed E-state index contributed by atoms with van der Waals surface area (Å²) in [5.41, 5.74) is 4.15. The zero-order chi connectivity index (χ0) is 30.8. The van der Waals surface area contributed by atoms with Crippen LogP contribution in [-0.2, 0) is 10.1 Å². The molecule has 0 fully saturated rings. The number of hydrogen-bond acceptors (Lipinski definition) is 5. The molecule has 0 radical (unpaired) electrons. The van der Waals surface area contributed by atoms with Crippen LogP contribution in [0, 0.1) is 6.92 Å². The molecule has 0 aliphatic rings. The molecule has 1 aromatic heterocycles. The van der Waals surface area contributed by atoms with Crippen molar-refractivity contribution in [2.75, 3.05) is 12.3 Å². The smallest absolute Gasteiger partial charge is 0.406 e. The molecule has 14 heteroatoms. The van der Waals surface area contributed by atoms with E-state index >= 15 is 0 Å². The maximum absolute atomic E-state index is 12.7. The van der Waals surface area contributed by atoms with Crippen LogP contribution in [0.4, 0.5) is 13.2 Å². The van der Waals surface area contributed by atoms with Crippen LogP contribution in [0.2, 0.25) is 10.0 Å². The second-order valence-electron chi connectivity index (χ2n) is 9.34. The molecule has 1 atom stereocenters. The van der Waals surface area contributed by atoms with E-state index in [-0.39, 0.29) is 17.9 Å². The Kier molecular flexibility index (Phi) is 9.21. The lowest BCUT2D eigenvalue weighted by atomic mass is 10.0. The maximum atomic E-state index is 12.7. The van der Waals surface area contributed by atoms with Crippen molar-refractivity contribution >= 4 is 39.2 Å². The van der Waals surface area contributed by atoms with Gasteiger partial charge in [0.1, 0.15) is 5.75 Å². The Hall–Kier alpha value is -3.58. The predicted octanol–water partition coefficient (Wildman–Crippen LogP) is 6.96. The number of ether oxygens (including phenoxy) is 1. The molecule has 222 valence electrons. The van der Waals surface area contributed by atoms with Crippen molar-refractivity contribution in [3.63, 3.8) is 0 Å². The summed E-state index contributed by atoms with van der Waals surface area (Å²) in [5.74, 6) is -1.50. The molecule has 0 saturated carbocycles. The standard InChI is InChI=1S/C28H24Cl2F3N3O5S/c1-16-25(21-13-22(29)15-23(30)14-21)35-36(26(16)19-7-9-24(10-8-19)41-28(31,32)33)17(2)18-3-5-20(6-4-18)27(37)34-11-12-42(38,39)40/h3-10,13-15,17H,11-12H2,1-2H3,(H,34,37)(H,38,39,40). The minimum Gasteiger partial charge on any atom is -0.406 e. The minimum atomic E-state index is -4.83. The zero-order valence-electron chi connectivity index (χ0n) is 22.1. The molecule has 2 N–H and O–H groups in total. The fraction of sp³-hybridized carbons (Fsp3) is 0.214. The van der Waals surface area contributed by atoms with Gasteiger partial charge in [0.15, 0.2) is 0 Å². The first-order valence-electron chi connectivity index (χ1n) is 12.4. The largest absolute Gasteiger partial charge is 0.573 e. The number of nitrogens with one attached hydrogen (secondary N) is 1. The number of halogens is 5. The summed E-state index contributed by atoms with van der Waals surface area (Å²) in [6.07, 6.45) is -4.83.